The zero-order valence-corrected chi connectivity index (χ0v) is 37.3. The molecule has 3 aromatic rings. The third kappa shape index (κ3) is 8.28. The Hall–Kier alpha value is -3.69. The maximum Gasteiger partial charge on any atom is 0.136 e. The number of aryl methyl sites for hydroxylation is 1. The minimum absolute atomic E-state index is 0.214. The molecule has 0 fully saturated rings. The number of hydrogen-bond donors (Lipinski definition) is 0. The SMILES string of the molecule is CC#Cc1cc(COC(CC)CCCC)c(C#Cc2cc3c(cc2OC)C2=C(c4cc(OC)c(C)cc4[Si]2(C)C)[Si]3(C)C)cc1OCC(CC)CCCC. The molecule has 2 aliphatic rings. The normalized spacial score (nSPS) is 15.6. The molecule has 0 radical (unpaired) electrons. The number of hydrogen-bond acceptors (Lipinski definition) is 4. The third-order valence-electron chi connectivity index (χ3n) is 11.9. The van der Waals surface area contributed by atoms with E-state index < -0.39 is 16.1 Å². The monoisotopic (exact) mass is 760 g/mol. The summed E-state index contributed by atoms with van der Waals surface area (Å²) in [4.78, 5) is 0. The summed E-state index contributed by atoms with van der Waals surface area (Å²) in [5, 5.41) is 6.12. The van der Waals surface area contributed by atoms with Crippen molar-refractivity contribution in [3.8, 4) is 40.9 Å². The average molecular weight is 761 g/mol. The Labute approximate surface area is 329 Å². The molecule has 0 bridgehead atoms. The molecule has 288 valence electrons. The topological polar surface area (TPSA) is 36.9 Å². The van der Waals surface area contributed by atoms with Crippen molar-refractivity contribution in [2.75, 3.05) is 20.8 Å². The van der Waals surface area contributed by atoms with Crippen molar-refractivity contribution in [1.82, 2.24) is 0 Å². The van der Waals surface area contributed by atoms with Gasteiger partial charge in [-0.3, -0.25) is 0 Å². The summed E-state index contributed by atoms with van der Waals surface area (Å²) in [6.07, 6.45) is 9.27. The lowest BCUT2D eigenvalue weighted by atomic mass is 10.00. The molecule has 5 rings (SSSR count). The molecule has 2 aliphatic heterocycles. The largest absolute Gasteiger partial charge is 0.496 e. The Morgan fingerprint density at radius 1 is 0.648 bits per heavy atom. The van der Waals surface area contributed by atoms with E-state index >= 15 is 0 Å². The van der Waals surface area contributed by atoms with Gasteiger partial charge in [0.15, 0.2) is 0 Å². The van der Waals surface area contributed by atoms with Crippen molar-refractivity contribution in [3.05, 3.63) is 75.3 Å². The second-order valence-corrected chi connectivity index (χ2v) is 24.9. The van der Waals surface area contributed by atoms with Crippen LogP contribution in [0.2, 0.25) is 26.2 Å². The number of fused-ring (bicyclic) bond motifs is 4. The van der Waals surface area contributed by atoms with E-state index in [-0.39, 0.29) is 6.10 Å². The van der Waals surface area contributed by atoms with Gasteiger partial charge in [0.25, 0.3) is 0 Å². The molecule has 0 N–H and O–H groups in total. The van der Waals surface area contributed by atoms with Gasteiger partial charge >= 0.3 is 0 Å². The molecule has 3 aromatic carbocycles. The zero-order valence-electron chi connectivity index (χ0n) is 35.3. The highest BCUT2D eigenvalue weighted by Gasteiger charge is 2.52. The quantitative estimate of drug-likeness (QED) is 0.108. The summed E-state index contributed by atoms with van der Waals surface area (Å²) in [5.41, 5.74) is 7.77. The molecule has 0 spiro atoms. The smallest absolute Gasteiger partial charge is 0.136 e. The first kappa shape index (κ1) is 41.5. The highest BCUT2D eigenvalue weighted by atomic mass is 28.3. The Balaban J connectivity index is 1.59. The fraction of sp³-hybridized carbons (Fsp3) is 0.500. The van der Waals surface area contributed by atoms with Crippen molar-refractivity contribution in [2.24, 2.45) is 5.92 Å². The molecule has 6 heteroatoms. The van der Waals surface area contributed by atoms with Gasteiger partial charge < -0.3 is 18.9 Å². The van der Waals surface area contributed by atoms with Crippen molar-refractivity contribution in [3.63, 3.8) is 0 Å². The van der Waals surface area contributed by atoms with Gasteiger partial charge in [-0.15, -0.1) is 5.92 Å². The summed E-state index contributed by atoms with van der Waals surface area (Å²) in [6, 6.07) is 13.6. The van der Waals surface area contributed by atoms with Gasteiger partial charge in [0, 0.05) is 5.56 Å². The van der Waals surface area contributed by atoms with Crippen LogP contribution in [-0.2, 0) is 11.3 Å². The Morgan fingerprint density at radius 2 is 1.24 bits per heavy atom. The van der Waals surface area contributed by atoms with Crippen LogP contribution in [-0.4, -0.2) is 43.1 Å². The molecule has 0 amide bonds. The highest BCUT2D eigenvalue weighted by molar-refractivity contribution is 7.20. The summed E-state index contributed by atoms with van der Waals surface area (Å²) in [7, 11) is -0.515. The molecular formula is C48H64O4Si2. The molecule has 4 nitrogen and oxygen atoms in total. The average Bonchev–Trinajstić information content (AvgIpc) is 3.54. The lowest BCUT2D eigenvalue weighted by molar-refractivity contribution is 0.0311. The van der Waals surface area contributed by atoms with Crippen molar-refractivity contribution >= 4 is 36.9 Å². The summed E-state index contributed by atoms with van der Waals surface area (Å²) >= 11 is 0. The predicted octanol–water partition coefficient (Wildman–Crippen LogP) is 10.7. The number of unbranched alkanes of at least 4 members (excludes halogenated alkanes) is 2. The van der Waals surface area contributed by atoms with E-state index in [0.29, 0.717) is 19.1 Å². The van der Waals surface area contributed by atoms with E-state index in [0.717, 1.165) is 71.6 Å². The maximum absolute atomic E-state index is 6.59. The van der Waals surface area contributed by atoms with Crippen LogP contribution < -0.4 is 24.6 Å². The Kier molecular flexibility index (Phi) is 13.7. The number of methoxy groups -OCH3 is 2. The van der Waals surface area contributed by atoms with Gasteiger partial charge in [-0.25, -0.2) is 0 Å². The van der Waals surface area contributed by atoms with E-state index in [1.165, 1.54) is 46.3 Å². The van der Waals surface area contributed by atoms with E-state index in [2.05, 4.69) is 121 Å². The lowest BCUT2D eigenvalue weighted by Crippen LogP contribution is -2.45. The highest BCUT2D eigenvalue weighted by Crippen LogP contribution is 2.50. The van der Waals surface area contributed by atoms with Crippen LogP contribution in [0.4, 0.5) is 0 Å². The number of ether oxygens (including phenoxy) is 4. The van der Waals surface area contributed by atoms with Crippen molar-refractivity contribution < 1.29 is 18.9 Å². The fourth-order valence-electron chi connectivity index (χ4n) is 8.54. The second-order valence-electron chi connectivity index (χ2n) is 16.3. The van der Waals surface area contributed by atoms with E-state index in [1.807, 2.05) is 6.92 Å². The molecule has 2 atom stereocenters. The van der Waals surface area contributed by atoms with E-state index in [9.17, 15) is 0 Å². The molecular weight excluding hydrogens is 697 g/mol. The van der Waals surface area contributed by atoms with Crippen LogP contribution in [0.3, 0.4) is 0 Å². The first-order chi connectivity index (χ1) is 25.9. The minimum Gasteiger partial charge on any atom is -0.496 e. The van der Waals surface area contributed by atoms with Gasteiger partial charge in [0.2, 0.25) is 0 Å². The molecule has 2 unspecified atom stereocenters. The van der Waals surface area contributed by atoms with Gasteiger partial charge in [-0.2, -0.15) is 0 Å². The van der Waals surface area contributed by atoms with Crippen LogP contribution in [0.1, 0.15) is 125 Å². The summed E-state index contributed by atoms with van der Waals surface area (Å²) in [5.74, 6) is 16.8. The van der Waals surface area contributed by atoms with E-state index in [1.54, 1.807) is 24.6 Å². The molecule has 0 aromatic heterocycles. The van der Waals surface area contributed by atoms with Gasteiger partial charge in [0.1, 0.15) is 33.4 Å². The summed E-state index contributed by atoms with van der Waals surface area (Å²) in [6.45, 7) is 24.2. The van der Waals surface area contributed by atoms with Crippen LogP contribution in [0.5, 0.6) is 17.2 Å². The zero-order chi connectivity index (χ0) is 39.2. The minimum atomic E-state index is -2.09. The van der Waals surface area contributed by atoms with Gasteiger partial charge in [-0.05, 0) is 112 Å². The molecule has 0 saturated carbocycles. The first-order valence-corrected chi connectivity index (χ1v) is 26.4. The fourth-order valence-corrected chi connectivity index (χ4v) is 17.3. The van der Waals surface area contributed by atoms with Crippen molar-refractivity contribution in [2.45, 2.75) is 132 Å². The Morgan fingerprint density at radius 3 is 1.83 bits per heavy atom. The van der Waals surface area contributed by atoms with Crippen LogP contribution in [0.25, 0.3) is 10.4 Å². The first-order valence-electron chi connectivity index (χ1n) is 20.4. The molecule has 54 heavy (non-hydrogen) atoms. The van der Waals surface area contributed by atoms with E-state index in [4.69, 9.17) is 18.9 Å². The second kappa shape index (κ2) is 17.8. The standard InChI is InChI=1S/C48H64O4Si2/c1-13-18-21-34(16-4)31-52-44-27-35(38(26-36(44)20-15-3)32-51-39(17-5)22-19-14-2)23-24-37-28-46-41(30-43(37)50-8)48-47(54(46,11)12)40-29-42(49-7)33(6)25-45(40)53(48,9)10/h25-30,34,39H,13-14,16-19,21-22,31-32H2,1-12H3. The Bertz CT molecular complexity index is 2000. The van der Waals surface area contributed by atoms with Crippen molar-refractivity contribution in [1.29, 1.82) is 0 Å². The summed E-state index contributed by atoms with van der Waals surface area (Å²) < 4.78 is 25.1. The number of benzene rings is 3. The predicted molar refractivity (Wildman–Crippen MR) is 234 cm³/mol. The maximum atomic E-state index is 6.59. The van der Waals surface area contributed by atoms with Crippen LogP contribution >= 0.6 is 0 Å². The molecule has 0 aliphatic carbocycles. The molecule has 2 heterocycles. The van der Waals surface area contributed by atoms with Gasteiger partial charge in [0.05, 0.1) is 44.7 Å². The third-order valence-corrected chi connectivity index (χ3v) is 19.2. The lowest BCUT2D eigenvalue weighted by Gasteiger charge is -2.27. The molecule has 0 saturated heterocycles. The van der Waals surface area contributed by atoms with Gasteiger partial charge in [-0.1, -0.05) is 110 Å². The van der Waals surface area contributed by atoms with Crippen LogP contribution in [0.15, 0.2) is 36.4 Å². The number of rotatable bonds is 16. The van der Waals surface area contributed by atoms with Crippen LogP contribution in [0, 0.1) is 36.5 Å².